The molecule has 0 bridgehead atoms. The van der Waals surface area contributed by atoms with Gasteiger partial charge in [-0.1, -0.05) is 12.2 Å². The molecule has 0 amide bonds. The number of allylic oxidation sites excluding steroid dienone is 4. The molecule has 0 atom stereocenters. The Morgan fingerprint density at radius 2 is 1.38 bits per heavy atom. The fourth-order valence-corrected chi connectivity index (χ4v) is 1.42. The number of carbonyl (C=O) groups is 2. The molecule has 0 heterocycles. The second-order valence-electron chi connectivity index (χ2n) is 3.35. The van der Waals surface area contributed by atoms with Crippen molar-refractivity contribution in [2.75, 3.05) is 0 Å². The fourth-order valence-electron chi connectivity index (χ4n) is 1.42. The van der Waals surface area contributed by atoms with Gasteiger partial charge in [-0.15, -0.1) is 0 Å². The van der Waals surface area contributed by atoms with Crippen molar-refractivity contribution in [1.82, 2.24) is 0 Å². The summed E-state index contributed by atoms with van der Waals surface area (Å²) in [5.41, 5.74) is 1.66. The van der Waals surface area contributed by atoms with Gasteiger partial charge in [0.1, 0.15) is 0 Å². The molecule has 0 saturated heterocycles. The van der Waals surface area contributed by atoms with Gasteiger partial charge in [-0.25, -0.2) is 0 Å². The largest absolute Gasteiger partial charge is 0.295 e. The number of ketones is 2. The van der Waals surface area contributed by atoms with Gasteiger partial charge in [0.15, 0.2) is 11.6 Å². The molecule has 1 rings (SSSR count). The van der Waals surface area contributed by atoms with Crippen LogP contribution in [0.4, 0.5) is 0 Å². The topological polar surface area (TPSA) is 34.1 Å². The third-order valence-electron chi connectivity index (χ3n) is 2.28. The van der Waals surface area contributed by atoms with Crippen LogP contribution in [0.3, 0.4) is 0 Å². The molecule has 0 radical (unpaired) electrons. The SMILES string of the molecule is CC(=O)C1=CC=C(C(C)=O)CCC1. The lowest BCUT2D eigenvalue weighted by molar-refractivity contribution is -0.114. The summed E-state index contributed by atoms with van der Waals surface area (Å²) in [4.78, 5) is 22.1. The maximum Gasteiger partial charge on any atom is 0.155 e. The number of rotatable bonds is 2. The Morgan fingerprint density at radius 3 is 1.69 bits per heavy atom. The molecule has 0 aliphatic heterocycles. The molecule has 70 valence electrons. The second kappa shape index (κ2) is 4.17. The lowest BCUT2D eigenvalue weighted by Crippen LogP contribution is -1.96. The van der Waals surface area contributed by atoms with Crippen LogP contribution in [-0.4, -0.2) is 11.6 Å². The molecular weight excluding hydrogens is 164 g/mol. The third kappa shape index (κ3) is 2.65. The molecule has 2 heteroatoms. The van der Waals surface area contributed by atoms with E-state index in [0.717, 1.165) is 30.4 Å². The van der Waals surface area contributed by atoms with Crippen LogP contribution in [0, 0.1) is 0 Å². The van der Waals surface area contributed by atoms with Crippen molar-refractivity contribution in [2.45, 2.75) is 33.1 Å². The van der Waals surface area contributed by atoms with E-state index in [1.165, 1.54) is 0 Å². The molecule has 0 aromatic heterocycles. The maximum absolute atomic E-state index is 11.0. The van der Waals surface area contributed by atoms with E-state index in [4.69, 9.17) is 0 Å². The summed E-state index contributed by atoms with van der Waals surface area (Å²) in [6.45, 7) is 3.14. The molecule has 0 fully saturated rings. The predicted octanol–water partition coefficient (Wildman–Crippen LogP) is 2.20. The first-order valence-electron chi connectivity index (χ1n) is 4.53. The smallest absolute Gasteiger partial charge is 0.155 e. The average molecular weight is 178 g/mol. The first-order valence-corrected chi connectivity index (χ1v) is 4.53. The molecule has 0 saturated carbocycles. The lowest BCUT2D eigenvalue weighted by Gasteiger charge is -1.99. The highest BCUT2D eigenvalue weighted by atomic mass is 16.1. The summed E-state index contributed by atoms with van der Waals surface area (Å²) < 4.78 is 0. The zero-order valence-electron chi connectivity index (χ0n) is 8.09. The van der Waals surface area contributed by atoms with Crippen LogP contribution in [0.15, 0.2) is 23.3 Å². The van der Waals surface area contributed by atoms with Gasteiger partial charge in [0.25, 0.3) is 0 Å². The van der Waals surface area contributed by atoms with Gasteiger partial charge in [-0.3, -0.25) is 9.59 Å². The van der Waals surface area contributed by atoms with Crippen molar-refractivity contribution in [3.63, 3.8) is 0 Å². The van der Waals surface area contributed by atoms with Gasteiger partial charge >= 0.3 is 0 Å². The zero-order chi connectivity index (χ0) is 9.84. The summed E-state index contributed by atoms with van der Waals surface area (Å²) in [6.07, 6.45) is 6.06. The molecule has 0 aromatic rings. The van der Waals surface area contributed by atoms with E-state index in [1.807, 2.05) is 0 Å². The van der Waals surface area contributed by atoms with Crippen molar-refractivity contribution in [3.05, 3.63) is 23.3 Å². The van der Waals surface area contributed by atoms with Crippen LogP contribution in [0.5, 0.6) is 0 Å². The monoisotopic (exact) mass is 178 g/mol. The van der Waals surface area contributed by atoms with Gasteiger partial charge in [0.05, 0.1) is 0 Å². The van der Waals surface area contributed by atoms with E-state index in [1.54, 1.807) is 26.0 Å². The molecule has 0 N–H and O–H groups in total. The van der Waals surface area contributed by atoms with Gasteiger partial charge in [0, 0.05) is 0 Å². The molecule has 0 aromatic carbocycles. The van der Waals surface area contributed by atoms with Gasteiger partial charge < -0.3 is 0 Å². The molecule has 2 nitrogen and oxygen atoms in total. The third-order valence-corrected chi connectivity index (χ3v) is 2.28. The summed E-state index contributed by atoms with van der Waals surface area (Å²) in [7, 11) is 0. The zero-order valence-corrected chi connectivity index (χ0v) is 8.09. The fraction of sp³-hybridized carbons (Fsp3) is 0.455. The van der Waals surface area contributed by atoms with E-state index in [2.05, 4.69) is 0 Å². The van der Waals surface area contributed by atoms with Gasteiger partial charge in [0.2, 0.25) is 0 Å². The summed E-state index contributed by atoms with van der Waals surface area (Å²) in [5.74, 6) is 0.224. The summed E-state index contributed by atoms with van der Waals surface area (Å²) in [6, 6.07) is 0. The van der Waals surface area contributed by atoms with Crippen LogP contribution in [0.2, 0.25) is 0 Å². The van der Waals surface area contributed by atoms with Gasteiger partial charge in [-0.2, -0.15) is 0 Å². The Labute approximate surface area is 78.3 Å². The summed E-state index contributed by atoms with van der Waals surface area (Å²) in [5, 5.41) is 0. The van der Waals surface area contributed by atoms with Crippen LogP contribution >= 0.6 is 0 Å². The van der Waals surface area contributed by atoms with E-state index < -0.39 is 0 Å². The molecule has 13 heavy (non-hydrogen) atoms. The Balaban J connectivity index is 2.84. The minimum absolute atomic E-state index is 0.112. The molecular formula is C11H14O2. The minimum atomic E-state index is 0.112. The Bertz CT molecular complexity index is 265. The van der Waals surface area contributed by atoms with Crippen molar-refractivity contribution >= 4 is 11.6 Å². The second-order valence-corrected chi connectivity index (χ2v) is 3.35. The Kier molecular flexibility index (Phi) is 3.18. The van der Waals surface area contributed by atoms with Crippen molar-refractivity contribution in [2.24, 2.45) is 0 Å². The van der Waals surface area contributed by atoms with Crippen molar-refractivity contribution in [3.8, 4) is 0 Å². The van der Waals surface area contributed by atoms with Gasteiger partial charge in [-0.05, 0) is 44.3 Å². The highest BCUT2D eigenvalue weighted by Crippen LogP contribution is 2.18. The van der Waals surface area contributed by atoms with Crippen molar-refractivity contribution in [1.29, 1.82) is 0 Å². The number of hydrogen-bond acceptors (Lipinski definition) is 2. The average Bonchev–Trinajstić information content (AvgIpc) is 2.27. The first kappa shape index (κ1) is 9.90. The predicted molar refractivity (Wildman–Crippen MR) is 51.4 cm³/mol. The first-order chi connectivity index (χ1) is 6.11. The highest BCUT2D eigenvalue weighted by Gasteiger charge is 2.10. The van der Waals surface area contributed by atoms with Crippen LogP contribution in [0.25, 0.3) is 0 Å². The van der Waals surface area contributed by atoms with E-state index in [9.17, 15) is 9.59 Å². The van der Waals surface area contributed by atoms with Crippen molar-refractivity contribution < 1.29 is 9.59 Å². The molecule has 1 aliphatic rings. The van der Waals surface area contributed by atoms with Crippen LogP contribution in [-0.2, 0) is 9.59 Å². The van der Waals surface area contributed by atoms with Crippen LogP contribution in [0.1, 0.15) is 33.1 Å². The maximum atomic E-state index is 11.0. The number of carbonyl (C=O) groups excluding carboxylic acids is 2. The number of Topliss-reactive ketones (excluding diaryl/α,β-unsaturated/α-hetero) is 2. The van der Waals surface area contributed by atoms with Crippen LogP contribution < -0.4 is 0 Å². The lowest BCUT2D eigenvalue weighted by atomic mass is 10.1. The Hall–Kier alpha value is -1.18. The van der Waals surface area contributed by atoms with E-state index in [-0.39, 0.29) is 11.6 Å². The normalized spacial score (nSPS) is 17.1. The highest BCUT2D eigenvalue weighted by molar-refractivity contribution is 5.96. The number of hydrogen-bond donors (Lipinski definition) is 0. The standard InChI is InChI=1S/C11H14O2/c1-8(12)10-4-3-5-11(7-6-10)9(2)13/h6-7H,3-5H2,1-2H3. The van der Waals surface area contributed by atoms with E-state index in [0.29, 0.717) is 0 Å². The quantitative estimate of drug-likeness (QED) is 0.649. The molecule has 0 unspecified atom stereocenters. The molecule has 0 spiro atoms. The summed E-state index contributed by atoms with van der Waals surface area (Å²) >= 11 is 0. The minimum Gasteiger partial charge on any atom is -0.295 e. The Morgan fingerprint density at radius 1 is 1.00 bits per heavy atom. The van der Waals surface area contributed by atoms with E-state index >= 15 is 0 Å². The molecule has 1 aliphatic carbocycles.